The van der Waals surface area contributed by atoms with Crippen LogP contribution in [0, 0.1) is 0 Å². The van der Waals surface area contributed by atoms with E-state index in [9.17, 15) is 0 Å². The summed E-state index contributed by atoms with van der Waals surface area (Å²) in [5.41, 5.74) is 1.21. The van der Waals surface area contributed by atoms with Crippen LogP contribution in [0.15, 0.2) is 0 Å². The second-order valence-electron chi connectivity index (χ2n) is 3.07. The number of fused-ring (bicyclic) bond motifs is 1. The molecule has 1 aromatic rings. The van der Waals surface area contributed by atoms with E-state index in [2.05, 4.69) is 5.32 Å². The number of nitrogens with one attached hydrogen (secondary N) is 1. The van der Waals surface area contributed by atoms with Crippen molar-refractivity contribution in [2.24, 2.45) is 0 Å². The van der Waals surface area contributed by atoms with Crippen molar-refractivity contribution in [1.82, 2.24) is 5.32 Å². The largest absolute Gasteiger partial charge is 0.376 e. The summed E-state index contributed by atoms with van der Waals surface area (Å²) in [4.78, 5) is 2.64. The van der Waals surface area contributed by atoms with Gasteiger partial charge < -0.3 is 10.1 Å². The Labute approximate surface area is 86.9 Å². The van der Waals surface area contributed by atoms with Gasteiger partial charge in [-0.15, -0.1) is 11.3 Å². The Bertz CT molecular complexity index is 311. The second-order valence-corrected chi connectivity index (χ2v) is 4.64. The molecule has 13 heavy (non-hydrogen) atoms. The fourth-order valence-electron chi connectivity index (χ4n) is 1.50. The van der Waals surface area contributed by atoms with Gasteiger partial charge in [0.25, 0.3) is 0 Å². The zero-order valence-electron chi connectivity index (χ0n) is 7.52. The van der Waals surface area contributed by atoms with Gasteiger partial charge in [-0.3, -0.25) is 0 Å². The van der Waals surface area contributed by atoms with E-state index in [1.165, 1.54) is 15.3 Å². The number of hydrogen-bond donors (Lipinski definition) is 1. The molecule has 1 aliphatic heterocycles. The molecule has 72 valence electrons. The highest BCUT2D eigenvalue weighted by Crippen LogP contribution is 2.35. The predicted octanol–water partition coefficient (Wildman–Crippen LogP) is 2.19. The lowest BCUT2D eigenvalue weighted by molar-refractivity contribution is 0.112. The average molecular weight is 218 g/mol. The van der Waals surface area contributed by atoms with Gasteiger partial charge in [0.05, 0.1) is 18.2 Å². The highest BCUT2D eigenvalue weighted by atomic mass is 35.5. The van der Waals surface area contributed by atoms with Crippen molar-refractivity contribution in [1.29, 1.82) is 0 Å². The maximum absolute atomic E-state index is 6.21. The monoisotopic (exact) mass is 217 g/mol. The molecule has 0 amide bonds. The molecule has 0 unspecified atom stereocenters. The van der Waals surface area contributed by atoms with Gasteiger partial charge in [-0.1, -0.05) is 11.6 Å². The molecular weight excluding hydrogens is 206 g/mol. The molecular formula is C9H12ClNOS. The molecule has 1 N–H and O–H groups in total. The summed E-state index contributed by atoms with van der Waals surface area (Å²) >= 11 is 8.02. The number of thiophene rings is 1. The van der Waals surface area contributed by atoms with Crippen LogP contribution in [0.25, 0.3) is 0 Å². The van der Waals surface area contributed by atoms with Gasteiger partial charge in [-0.2, -0.15) is 0 Å². The topological polar surface area (TPSA) is 21.3 Å². The van der Waals surface area contributed by atoms with Crippen LogP contribution in [0.3, 0.4) is 0 Å². The standard InChI is InChI=1S/C9H12ClNOS/c1-11-4-8-9(10)6-5-12-3-2-7(6)13-8/h11H,2-5H2,1H3. The van der Waals surface area contributed by atoms with Gasteiger partial charge in [0.15, 0.2) is 0 Å². The maximum Gasteiger partial charge on any atom is 0.0742 e. The fraction of sp³-hybridized carbons (Fsp3) is 0.556. The van der Waals surface area contributed by atoms with E-state index in [0.29, 0.717) is 6.61 Å². The van der Waals surface area contributed by atoms with Gasteiger partial charge in [-0.05, 0) is 7.05 Å². The summed E-state index contributed by atoms with van der Waals surface area (Å²) in [5, 5.41) is 4.03. The first-order valence-corrected chi connectivity index (χ1v) is 5.53. The Morgan fingerprint density at radius 2 is 2.46 bits per heavy atom. The Hall–Kier alpha value is -0.0900. The smallest absolute Gasteiger partial charge is 0.0742 e. The zero-order valence-corrected chi connectivity index (χ0v) is 9.10. The van der Waals surface area contributed by atoms with Crippen LogP contribution < -0.4 is 5.32 Å². The van der Waals surface area contributed by atoms with Crippen LogP contribution in [-0.2, 0) is 24.3 Å². The molecule has 1 aromatic heterocycles. The minimum Gasteiger partial charge on any atom is -0.376 e. The normalized spacial score (nSPS) is 15.8. The number of hydrogen-bond acceptors (Lipinski definition) is 3. The van der Waals surface area contributed by atoms with Crippen molar-refractivity contribution < 1.29 is 4.74 Å². The van der Waals surface area contributed by atoms with Gasteiger partial charge in [0.2, 0.25) is 0 Å². The third-order valence-corrected chi connectivity index (χ3v) is 4.01. The molecule has 4 heteroatoms. The molecule has 0 bridgehead atoms. The Kier molecular flexibility index (Phi) is 2.89. The molecule has 0 aliphatic carbocycles. The van der Waals surface area contributed by atoms with Crippen LogP contribution in [0.1, 0.15) is 15.3 Å². The SMILES string of the molecule is CNCc1sc2c(c1Cl)COCC2. The predicted molar refractivity (Wildman–Crippen MR) is 55.5 cm³/mol. The highest BCUT2D eigenvalue weighted by molar-refractivity contribution is 7.12. The van der Waals surface area contributed by atoms with Crippen LogP contribution in [0.5, 0.6) is 0 Å². The minimum atomic E-state index is 0.689. The van der Waals surface area contributed by atoms with Crippen LogP contribution >= 0.6 is 22.9 Å². The molecule has 2 nitrogen and oxygen atoms in total. The Morgan fingerprint density at radius 1 is 1.62 bits per heavy atom. The fourth-order valence-corrected chi connectivity index (χ4v) is 3.11. The Morgan fingerprint density at radius 3 is 3.15 bits per heavy atom. The van der Waals surface area contributed by atoms with Crippen molar-refractivity contribution >= 4 is 22.9 Å². The number of ether oxygens (including phenoxy) is 1. The molecule has 0 saturated heterocycles. The lowest BCUT2D eigenvalue weighted by atomic mass is 10.2. The molecule has 0 radical (unpaired) electrons. The van der Waals surface area contributed by atoms with Gasteiger partial charge in [0.1, 0.15) is 0 Å². The van der Waals surface area contributed by atoms with Crippen LogP contribution in [0.2, 0.25) is 5.02 Å². The third kappa shape index (κ3) is 1.74. The Balaban J connectivity index is 2.33. The first-order valence-electron chi connectivity index (χ1n) is 4.34. The summed E-state index contributed by atoms with van der Waals surface area (Å²) in [7, 11) is 1.94. The molecule has 2 heterocycles. The van der Waals surface area contributed by atoms with Crippen LogP contribution in [0.4, 0.5) is 0 Å². The lowest BCUT2D eigenvalue weighted by Gasteiger charge is -2.11. The third-order valence-electron chi connectivity index (χ3n) is 2.15. The minimum absolute atomic E-state index is 0.689. The van der Waals surface area contributed by atoms with Gasteiger partial charge in [0, 0.05) is 28.3 Å². The van der Waals surface area contributed by atoms with Gasteiger partial charge >= 0.3 is 0 Å². The summed E-state index contributed by atoms with van der Waals surface area (Å²) in [6.45, 7) is 2.38. The quantitative estimate of drug-likeness (QED) is 0.820. The molecule has 0 fully saturated rings. The molecule has 1 aliphatic rings. The molecule has 0 atom stereocenters. The van der Waals surface area contributed by atoms with Crippen molar-refractivity contribution in [3.63, 3.8) is 0 Å². The van der Waals surface area contributed by atoms with Crippen molar-refractivity contribution in [3.8, 4) is 0 Å². The lowest BCUT2D eigenvalue weighted by Crippen LogP contribution is -2.06. The first-order chi connectivity index (χ1) is 6.33. The summed E-state index contributed by atoms with van der Waals surface area (Å²) < 4.78 is 5.37. The highest BCUT2D eigenvalue weighted by Gasteiger charge is 2.18. The molecule has 0 spiro atoms. The molecule has 2 rings (SSSR count). The average Bonchev–Trinajstić information content (AvgIpc) is 2.46. The van der Waals surface area contributed by atoms with E-state index in [1.54, 1.807) is 0 Å². The second kappa shape index (κ2) is 3.96. The first kappa shape index (κ1) is 9.46. The van der Waals surface area contributed by atoms with E-state index in [-0.39, 0.29) is 0 Å². The van der Waals surface area contributed by atoms with Crippen molar-refractivity contribution in [2.75, 3.05) is 13.7 Å². The van der Waals surface area contributed by atoms with Crippen molar-refractivity contribution in [2.45, 2.75) is 19.6 Å². The van der Waals surface area contributed by atoms with E-state index in [1.807, 2.05) is 18.4 Å². The summed E-state index contributed by atoms with van der Waals surface area (Å²) in [6, 6.07) is 0. The van der Waals surface area contributed by atoms with E-state index < -0.39 is 0 Å². The molecule has 0 aromatic carbocycles. The summed E-state index contributed by atoms with van der Waals surface area (Å²) in [5.74, 6) is 0. The number of rotatable bonds is 2. The van der Waals surface area contributed by atoms with Crippen LogP contribution in [-0.4, -0.2) is 13.7 Å². The van der Waals surface area contributed by atoms with E-state index in [4.69, 9.17) is 16.3 Å². The van der Waals surface area contributed by atoms with Gasteiger partial charge in [-0.25, -0.2) is 0 Å². The van der Waals surface area contributed by atoms with E-state index >= 15 is 0 Å². The van der Waals surface area contributed by atoms with Crippen molar-refractivity contribution in [3.05, 3.63) is 20.3 Å². The maximum atomic E-state index is 6.21. The summed E-state index contributed by atoms with van der Waals surface area (Å²) in [6.07, 6.45) is 1.02. The van der Waals surface area contributed by atoms with E-state index in [0.717, 1.165) is 24.6 Å². The number of halogens is 1. The zero-order chi connectivity index (χ0) is 9.26. The molecule has 0 saturated carbocycles.